The van der Waals surface area contributed by atoms with Crippen molar-refractivity contribution >= 4 is 23.1 Å². The fraction of sp³-hybridized carbons (Fsp3) is 0.0714. The van der Waals surface area contributed by atoms with Crippen molar-refractivity contribution in [2.75, 3.05) is 0 Å². The van der Waals surface area contributed by atoms with Crippen molar-refractivity contribution in [2.45, 2.75) is 10.6 Å². The molecule has 0 atom stereocenters. The number of rotatable bonds is 4. The summed E-state index contributed by atoms with van der Waals surface area (Å²) >= 11 is 2.80. The molecule has 7 heteroatoms. The van der Waals surface area contributed by atoms with E-state index < -0.39 is 0 Å². The fourth-order valence-electron chi connectivity index (χ4n) is 1.67. The Kier molecular flexibility index (Phi) is 3.99. The largest absolute Gasteiger partial charge is 0.333 e. The first-order valence-corrected chi connectivity index (χ1v) is 7.81. The lowest BCUT2D eigenvalue weighted by Crippen LogP contribution is -1.84. The van der Waals surface area contributed by atoms with E-state index in [1.54, 1.807) is 17.5 Å². The second-order valence-corrected chi connectivity index (χ2v) is 6.00. The van der Waals surface area contributed by atoms with Crippen LogP contribution in [-0.4, -0.2) is 10.1 Å². The Morgan fingerprint density at radius 2 is 2.29 bits per heavy atom. The van der Waals surface area contributed by atoms with Crippen LogP contribution < -0.4 is 0 Å². The zero-order valence-electron chi connectivity index (χ0n) is 10.6. The van der Waals surface area contributed by atoms with Crippen molar-refractivity contribution in [3.8, 4) is 16.8 Å². The van der Waals surface area contributed by atoms with Gasteiger partial charge in [0.05, 0.1) is 11.3 Å². The van der Waals surface area contributed by atoms with Gasteiger partial charge in [-0.15, -0.1) is 23.1 Å². The SMILES string of the molecule is N#Cc1ccsc1-c1nc(CSc2cccc(F)c2)no1. The summed E-state index contributed by atoms with van der Waals surface area (Å²) in [6, 6.07) is 10.1. The first-order chi connectivity index (χ1) is 10.3. The standard InChI is InChI=1S/C14H8FN3OS2/c15-10-2-1-3-11(6-10)21-8-12-17-14(19-18-12)13-9(7-16)4-5-20-13/h1-6H,8H2. The van der Waals surface area contributed by atoms with Crippen molar-refractivity contribution in [1.29, 1.82) is 5.26 Å². The molecule has 2 heterocycles. The van der Waals surface area contributed by atoms with E-state index in [0.717, 1.165) is 4.90 Å². The van der Waals surface area contributed by atoms with Gasteiger partial charge in [0.25, 0.3) is 5.89 Å². The maximum atomic E-state index is 13.1. The van der Waals surface area contributed by atoms with E-state index in [-0.39, 0.29) is 5.82 Å². The summed E-state index contributed by atoms with van der Waals surface area (Å²) in [6.07, 6.45) is 0. The number of halogens is 1. The summed E-state index contributed by atoms with van der Waals surface area (Å²) in [6.45, 7) is 0. The number of hydrogen-bond donors (Lipinski definition) is 0. The van der Waals surface area contributed by atoms with Crippen molar-refractivity contribution in [1.82, 2.24) is 10.1 Å². The molecule has 3 rings (SSSR count). The third-order valence-corrected chi connectivity index (χ3v) is 4.50. The quantitative estimate of drug-likeness (QED) is 0.678. The molecule has 0 aliphatic rings. The van der Waals surface area contributed by atoms with Crippen LogP contribution >= 0.6 is 23.1 Å². The number of nitriles is 1. The van der Waals surface area contributed by atoms with Crippen molar-refractivity contribution in [2.24, 2.45) is 0 Å². The second kappa shape index (κ2) is 6.08. The number of benzene rings is 1. The molecule has 3 aromatic rings. The third-order valence-electron chi connectivity index (χ3n) is 2.61. The summed E-state index contributed by atoms with van der Waals surface area (Å²) in [7, 11) is 0. The monoisotopic (exact) mass is 317 g/mol. The van der Waals surface area contributed by atoms with Crippen LogP contribution in [0.1, 0.15) is 11.4 Å². The molecule has 0 aliphatic carbocycles. The van der Waals surface area contributed by atoms with E-state index in [2.05, 4.69) is 16.2 Å². The Labute approximate surface area is 128 Å². The van der Waals surface area contributed by atoms with Crippen LogP contribution in [0.3, 0.4) is 0 Å². The molecule has 0 saturated heterocycles. The van der Waals surface area contributed by atoms with Gasteiger partial charge in [-0.1, -0.05) is 11.2 Å². The lowest BCUT2D eigenvalue weighted by Gasteiger charge is -1.97. The van der Waals surface area contributed by atoms with Crippen LogP contribution in [0.25, 0.3) is 10.8 Å². The van der Waals surface area contributed by atoms with Crippen molar-refractivity contribution in [3.05, 3.63) is 52.9 Å². The van der Waals surface area contributed by atoms with Gasteiger partial charge < -0.3 is 4.52 Å². The van der Waals surface area contributed by atoms with Crippen molar-refractivity contribution < 1.29 is 8.91 Å². The van der Waals surface area contributed by atoms with Crippen molar-refractivity contribution in [3.63, 3.8) is 0 Å². The molecule has 0 fully saturated rings. The Bertz CT molecular complexity index is 806. The highest BCUT2D eigenvalue weighted by Crippen LogP contribution is 2.29. The molecule has 0 N–H and O–H groups in total. The Morgan fingerprint density at radius 1 is 1.38 bits per heavy atom. The minimum atomic E-state index is -0.272. The smallest absolute Gasteiger partial charge is 0.269 e. The Morgan fingerprint density at radius 3 is 3.10 bits per heavy atom. The molecule has 0 radical (unpaired) electrons. The highest BCUT2D eigenvalue weighted by Gasteiger charge is 2.14. The fourth-order valence-corrected chi connectivity index (χ4v) is 3.22. The lowest BCUT2D eigenvalue weighted by molar-refractivity contribution is 0.426. The molecule has 1 aromatic carbocycles. The number of hydrogen-bond acceptors (Lipinski definition) is 6. The molecule has 2 aromatic heterocycles. The molecule has 0 bridgehead atoms. The predicted octanol–water partition coefficient (Wildman–Crippen LogP) is 4.10. The molecule has 4 nitrogen and oxygen atoms in total. The average molecular weight is 317 g/mol. The molecule has 0 spiro atoms. The van der Waals surface area contributed by atoms with Gasteiger partial charge in [-0.3, -0.25) is 0 Å². The van der Waals surface area contributed by atoms with E-state index in [0.29, 0.717) is 27.9 Å². The van der Waals surface area contributed by atoms with Gasteiger partial charge in [0, 0.05) is 4.90 Å². The highest BCUT2D eigenvalue weighted by molar-refractivity contribution is 7.98. The molecule has 0 aliphatic heterocycles. The second-order valence-electron chi connectivity index (χ2n) is 4.04. The van der Waals surface area contributed by atoms with Gasteiger partial charge in [-0.05, 0) is 29.6 Å². The van der Waals surface area contributed by atoms with Crippen LogP contribution in [-0.2, 0) is 5.75 Å². The number of nitrogens with zero attached hydrogens (tertiary/aromatic N) is 3. The van der Waals surface area contributed by atoms with Gasteiger partial charge in [0.15, 0.2) is 5.82 Å². The molecule has 104 valence electrons. The molecular formula is C14H8FN3OS2. The molecule has 0 amide bonds. The highest BCUT2D eigenvalue weighted by atomic mass is 32.2. The van der Waals surface area contributed by atoms with Crippen LogP contribution in [0.15, 0.2) is 45.1 Å². The zero-order chi connectivity index (χ0) is 14.7. The van der Waals surface area contributed by atoms with Crippen LogP contribution in [0.5, 0.6) is 0 Å². The zero-order valence-corrected chi connectivity index (χ0v) is 12.2. The average Bonchev–Trinajstić information content (AvgIpc) is 3.13. The first-order valence-electron chi connectivity index (χ1n) is 5.95. The third kappa shape index (κ3) is 3.12. The van der Waals surface area contributed by atoms with Crippen LogP contribution in [0.2, 0.25) is 0 Å². The van der Waals surface area contributed by atoms with Gasteiger partial charge in [-0.2, -0.15) is 10.2 Å². The van der Waals surface area contributed by atoms with Gasteiger partial charge in [0.1, 0.15) is 16.8 Å². The first kappa shape index (κ1) is 13.8. The summed E-state index contributed by atoms with van der Waals surface area (Å²) in [5.41, 5.74) is 0.521. The Balaban J connectivity index is 1.73. The van der Waals surface area contributed by atoms with Gasteiger partial charge >= 0.3 is 0 Å². The summed E-state index contributed by atoms with van der Waals surface area (Å²) < 4.78 is 18.2. The van der Waals surface area contributed by atoms with E-state index in [1.807, 2.05) is 6.07 Å². The van der Waals surface area contributed by atoms with E-state index >= 15 is 0 Å². The molecule has 21 heavy (non-hydrogen) atoms. The number of thiophene rings is 1. The van der Waals surface area contributed by atoms with E-state index in [1.165, 1.54) is 35.2 Å². The summed E-state index contributed by atoms with van der Waals surface area (Å²) in [4.78, 5) is 5.74. The molecular weight excluding hydrogens is 309 g/mol. The van der Waals surface area contributed by atoms with Crippen LogP contribution in [0.4, 0.5) is 4.39 Å². The molecule has 0 unspecified atom stereocenters. The topological polar surface area (TPSA) is 62.7 Å². The van der Waals surface area contributed by atoms with Gasteiger partial charge in [0.2, 0.25) is 0 Å². The lowest BCUT2D eigenvalue weighted by atomic mass is 10.3. The number of aromatic nitrogens is 2. The Hall–Kier alpha value is -2.17. The minimum Gasteiger partial charge on any atom is -0.333 e. The summed E-state index contributed by atoms with van der Waals surface area (Å²) in [5.74, 6) is 1.05. The predicted molar refractivity (Wildman–Crippen MR) is 78.3 cm³/mol. The minimum absolute atomic E-state index is 0.272. The molecule has 0 saturated carbocycles. The van der Waals surface area contributed by atoms with Crippen LogP contribution in [0, 0.1) is 17.1 Å². The maximum absolute atomic E-state index is 13.1. The van der Waals surface area contributed by atoms with E-state index in [4.69, 9.17) is 9.78 Å². The van der Waals surface area contributed by atoms with E-state index in [9.17, 15) is 4.39 Å². The number of thioether (sulfide) groups is 1. The summed E-state index contributed by atoms with van der Waals surface area (Å²) in [5, 5.41) is 14.7. The maximum Gasteiger partial charge on any atom is 0.269 e. The normalized spacial score (nSPS) is 10.5. The van der Waals surface area contributed by atoms with Gasteiger partial charge in [-0.25, -0.2) is 4.39 Å².